The summed E-state index contributed by atoms with van der Waals surface area (Å²) in [7, 11) is 0. The molecule has 3 heteroatoms. The lowest BCUT2D eigenvalue weighted by atomic mass is 10.1. The van der Waals surface area contributed by atoms with Crippen molar-refractivity contribution >= 4 is 17.5 Å². The summed E-state index contributed by atoms with van der Waals surface area (Å²) < 4.78 is 0. The molecule has 0 atom stereocenters. The Morgan fingerprint density at radius 2 is 2.11 bits per heavy atom. The van der Waals surface area contributed by atoms with Crippen molar-refractivity contribution in [2.24, 2.45) is 0 Å². The van der Waals surface area contributed by atoms with Gasteiger partial charge < -0.3 is 4.90 Å². The Labute approximate surface area is 114 Å². The number of nitrogens with zero attached hydrogens (tertiary/aromatic N) is 1. The first-order chi connectivity index (χ1) is 8.76. The maximum Gasteiger partial charge on any atom is 0.253 e. The molecule has 0 saturated heterocycles. The van der Waals surface area contributed by atoms with Crippen LogP contribution in [-0.2, 0) is 12.8 Å². The minimum atomic E-state index is 0.136. The van der Waals surface area contributed by atoms with E-state index in [2.05, 4.69) is 12.1 Å². The maximum absolute atomic E-state index is 12.4. The fourth-order valence-corrected chi connectivity index (χ4v) is 2.66. The van der Waals surface area contributed by atoms with Crippen molar-refractivity contribution < 1.29 is 4.79 Å². The van der Waals surface area contributed by atoms with E-state index < -0.39 is 0 Å². The Kier molecular flexibility index (Phi) is 4.65. The van der Waals surface area contributed by atoms with E-state index in [-0.39, 0.29) is 5.91 Å². The Morgan fingerprint density at radius 1 is 1.33 bits per heavy atom. The maximum atomic E-state index is 12.4. The van der Waals surface area contributed by atoms with Crippen LogP contribution in [0, 0.1) is 0 Å². The van der Waals surface area contributed by atoms with Crippen LogP contribution >= 0.6 is 11.6 Å². The smallest absolute Gasteiger partial charge is 0.253 e. The number of amides is 1. The highest BCUT2D eigenvalue weighted by molar-refractivity contribution is 6.17. The molecular formula is C15H20ClNO. The average molecular weight is 266 g/mol. The predicted octanol–water partition coefficient (Wildman–Crippen LogP) is 3.27. The van der Waals surface area contributed by atoms with Gasteiger partial charge in [-0.2, -0.15) is 0 Å². The number of benzene rings is 1. The number of hydrogen-bond donors (Lipinski definition) is 0. The van der Waals surface area contributed by atoms with Crippen LogP contribution in [0.4, 0.5) is 0 Å². The van der Waals surface area contributed by atoms with Gasteiger partial charge in [0.25, 0.3) is 5.91 Å². The summed E-state index contributed by atoms with van der Waals surface area (Å²) in [6, 6.07) is 6.16. The second-order valence-electron chi connectivity index (χ2n) is 4.76. The molecule has 0 radical (unpaired) electrons. The van der Waals surface area contributed by atoms with Crippen molar-refractivity contribution in [3.05, 3.63) is 34.9 Å². The lowest BCUT2D eigenvalue weighted by Crippen LogP contribution is -2.32. The summed E-state index contributed by atoms with van der Waals surface area (Å²) in [4.78, 5) is 14.2. The standard InChI is InChI=1S/C15H20ClNO/c1-2-17(10-4-9-16)15(18)14-8-7-12-5-3-6-13(12)11-14/h7-8,11H,2-6,9-10H2,1H3. The number of rotatable bonds is 5. The fraction of sp³-hybridized carbons (Fsp3) is 0.533. The molecule has 0 aliphatic heterocycles. The van der Waals surface area contributed by atoms with Crippen LogP contribution in [0.1, 0.15) is 41.3 Å². The number of hydrogen-bond acceptors (Lipinski definition) is 1. The second-order valence-corrected chi connectivity index (χ2v) is 5.14. The van der Waals surface area contributed by atoms with Crippen molar-refractivity contribution in [1.82, 2.24) is 4.90 Å². The Hall–Kier alpha value is -1.02. The first-order valence-corrected chi connectivity index (χ1v) is 7.26. The van der Waals surface area contributed by atoms with Crippen LogP contribution in [0.3, 0.4) is 0 Å². The lowest BCUT2D eigenvalue weighted by molar-refractivity contribution is 0.0765. The minimum absolute atomic E-state index is 0.136. The molecule has 0 heterocycles. The molecule has 0 spiro atoms. The van der Waals surface area contributed by atoms with Crippen LogP contribution in [0.25, 0.3) is 0 Å². The van der Waals surface area contributed by atoms with Crippen molar-refractivity contribution in [3.63, 3.8) is 0 Å². The third-order valence-electron chi connectivity index (χ3n) is 3.58. The topological polar surface area (TPSA) is 20.3 Å². The number of carbonyl (C=O) groups excluding carboxylic acids is 1. The molecular weight excluding hydrogens is 246 g/mol. The molecule has 2 rings (SSSR count). The van der Waals surface area contributed by atoms with Crippen LogP contribution in [0.5, 0.6) is 0 Å². The summed E-state index contributed by atoms with van der Waals surface area (Å²) in [6.45, 7) is 3.50. The molecule has 1 aliphatic carbocycles. The highest BCUT2D eigenvalue weighted by Gasteiger charge is 2.17. The van der Waals surface area contributed by atoms with Gasteiger partial charge in [0.2, 0.25) is 0 Å². The van der Waals surface area contributed by atoms with Gasteiger partial charge in [-0.15, -0.1) is 11.6 Å². The fourth-order valence-electron chi connectivity index (χ4n) is 2.54. The number of aryl methyl sites for hydroxylation is 2. The zero-order valence-electron chi connectivity index (χ0n) is 10.9. The van der Waals surface area contributed by atoms with Crippen LogP contribution in [0.2, 0.25) is 0 Å². The van der Waals surface area contributed by atoms with Gasteiger partial charge in [0.1, 0.15) is 0 Å². The number of fused-ring (bicyclic) bond motifs is 1. The molecule has 98 valence electrons. The van der Waals surface area contributed by atoms with Gasteiger partial charge in [0.05, 0.1) is 0 Å². The van der Waals surface area contributed by atoms with Gasteiger partial charge in [-0.1, -0.05) is 6.07 Å². The molecule has 1 amide bonds. The van der Waals surface area contributed by atoms with E-state index in [1.807, 2.05) is 17.9 Å². The van der Waals surface area contributed by atoms with E-state index in [4.69, 9.17) is 11.6 Å². The van der Waals surface area contributed by atoms with Gasteiger partial charge in [0.15, 0.2) is 0 Å². The van der Waals surface area contributed by atoms with E-state index in [9.17, 15) is 4.79 Å². The summed E-state index contributed by atoms with van der Waals surface area (Å²) in [5.41, 5.74) is 3.59. The van der Waals surface area contributed by atoms with Crippen LogP contribution in [-0.4, -0.2) is 29.8 Å². The molecule has 0 fully saturated rings. The zero-order valence-corrected chi connectivity index (χ0v) is 11.7. The number of alkyl halides is 1. The molecule has 1 aromatic rings. The van der Waals surface area contributed by atoms with Gasteiger partial charge in [-0.25, -0.2) is 0 Å². The van der Waals surface area contributed by atoms with Crippen molar-refractivity contribution in [1.29, 1.82) is 0 Å². The molecule has 2 nitrogen and oxygen atoms in total. The summed E-state index contributed by atoms with van der Waals surface area (Å²) in [5, 5.41) is 0. The Morgan fingerprint density at radius 3 is 2.83 bits per heavy atom. The molecule has 18 heavy (non-hydrogen) atoms. The summed E-state index contributed by atoms with van der Waals surface area (Å²) in [6.07, 6.45) is 4.35. The van der Waals surface area contributed by atoms with E-state index in [1.54, 1.807) is 0 Å². The molecule has 1 aliphatic rings. The number of halogens is 1. The van der Waals surface area contributed by atoms with Crippen LogP contribution < -0.4 is 0 Å². The van der Waals surface area contributed by atoms with E-state index >= 15 is 0 Å². The summed E-state index contributed by atoms with van der Waals surface area (Å²) in [5.74, 6) is 0.742. The molecule has 0 N–H and O–H groups in total. The summed E-state index contributed by atoms with van der Waals surface area (Å²) >= 11 is 5.69. The van der Waals surface area contributed by atoms with Crippen molar-refractivity contribution in [2.45, 2.75) is 32.6 Å². The van der Waals surface area contributed by atoms with Gasteiger partial charge >= 0.3 is 0 Å². The van der Waals surface area contributed by atoms with Crippen molar-refractivity contribution in [3.8, 4) is 0 Å². The largest absolute Gasteiger partial charge is 0.339 e. The Bertz CT molecular complexity index is 431. The number of carbonyl (C=O) groups is 1. The third-order valence-corrected chi connectivity index (χ3v) is 3.84. The predicted molar refractivity (Wildman–Crippen MR) is 75.4 cm³/mol. The normalized spacial score (nSPS) is 13.4. The second kappa shape index (κ2) is 6.24. The molecule has 0 bridgehead atoms. The van der Waals surface area contributed by atoms with Gasteiger partial charge in [0, 0.05) is 24.5 Å². The van der Waals surface area contributed by atoms with E-state index in [0.717, 1.165) is 37.9 Å². The molecule has 0 aromatic heterocycles. The van der Waals surface area contributed by atoms with Crippen LogP contribution in [0.15, 0.2) is 18.2 Å². The Balaban J connectivity index is 2.12. The highest BCUT2D eigenvalue weighted by atomic mass is 35.5. The quantitative estimate of drug-likeness (QED) is 0.749. The van der Waals surface area contributed by atoms with E-state index in [0.29, 0.717) is 5.88 Å². The molecule has 0 saturated carbocycles. The SMILES string of the molecule is CCN(CCCCl)C(=O)c1ccc2c(c1)CCC2. The first kappa shape index (κ1) is 13.4. The van der Waals surface area contributed by atoms with Gasteiger partial charge in [-0.05, 0) is 55.9 Å². The molecule has 0 unspecified atom stereocenters. The minimum Gasteiger partial charge on any atom is -0.339 e. The van der Waals surface area contributed by atoms with Crippen molar-refractivity contribution in [2.75, 3.05) is 19.0 Å². The average Bonchev–Trinajstić information content (AvgIpc) is 2.86. The van der Waals surface area contributed by atoms with E-state index in [1.165, 1.54) is 17.5 Å². The van der Waals surface area contributed by atoms with Gasteiger partial charge in [-0.3, -0.25) is 4.79 Å². The lowest BCUT2D eigenvalue weighted by Gasteiger charge is -2.20. The highest BCUT2D eigenvalue weighted by Crippen LogP contribution is 2.23. The monoisotopic (exact) mass is 265 g/mol. The zero-order chi connectivity index (χ0) is 13.0. The molecule has 1 aromatic carbocycles. The third kappa shape index (κ3) is 2.86. The first-order valence-electron chi connectivity index (χ1n) is 6.73.